The number of rotatable bonds is 14. The maximum Gasteiger partial charge on any atom is 0.305 e. The normalized spacial score (nSPS) is 12.1. The standard InChI is InChI=1S/C18H34O3S/c1-4-7-9-12-17(19)21-15-14-16(11-6-3)22-18(20)13-10-8-5-2/h16H,4-15H2,1-3H3. The minimum Gasteiger partial charge on any atom is -0.466 e. The summed E-state index contributed by atoms with van der Waals surface area (Å²) in [5.74, 6) is -0.0945. The van der Waals surface area contributed by atoms with Crippen LogP contribution in [-0.4, -0.2) is 22.9 Å². The van der Waals surface area contributed by atoms with Gasteiger partial charge in [-0.25, -0.2) is 0 Å². The van der Waals surface area contributed by atoms with Crippen LogP contribution in [0.4, 0.5) is 0 Å². The Kier molecular flexibility index (Phi) is 15.0. The predicted molar refractivity (Wildman–Crippen MR) is 95.2 cm³/mol. The third-order valence-corrected chi connectivity index (χ3v) is 4.85. The molecule has 0 aromatic heterocycles. The summed E-state index contributed by atoms with van der Waals surface area (Å²) in [5.41, 5.74) is 0. The molecule has 0 aromatic carbocycles. The molecule has 130 valence electrons. The molecule has 0 aliphatic carbocycles. The summed E-state index contributed by atoms with van der Waals surface area (Å²) < 4.78 is 5.28. The molecule has 0 aliphatic heterocycles. The molecular weight excluding hydrogens is 296 g/mol. The van der Waals surface area contributed by atoms with E-state index in [2.05, 4.69) is 20.8 Å². The molecule has 0 saturated heterocycles. The summed E-state index contributed by atoms with van der Waals surface area (Å²) in [5, 5.41) is 0.587. The van der Waals surface area contributed by atoms with Gasteiger partial charge in [-0.15, -0.1) is 0 Å². The van der Waals surface area contributed by atoms with Gasteiger partial charge in [0.15, 0.2) is 5.12 Å². The van der Waals surface area contributed by atoms with Crippen molar-refractivity contribution in [2.45, 2.75) is 96.7 Å². The molecule has 0 aromatic rings. The van der Waals surface area contributed by atoms with Crippen LogP contribution in [0.25, 0.3) is 0 Å². The molecule has 0 heterocycles. The van der Waals surface area contributed by atoms with Gasteiger partial charge in [0.2, 0.25) is 0 Å². The summed E-state index contributed by atoms with van der Waals surface area (Å²) >= 11 is 1.46. The molecule has 0 fully saturated rings. The van der Waals surface area contributed by atoms with Crippen molar-refractivity contribution in [3.63, 3.8) is 0 Å². The molecular formula is C18H34O3S. The second-order valence-electron chi connectivity index (χ2n) is 5.82. The molecule has 0 rings (SSSR count). The Morgan fingerprint density at radius 2 is 1.50 bits per heavy atom. The molecule has 0 bridgehead atoms. The minimum absolute atomic E-state index is 0.0945. The Hall–Kier alpha value is -0.510. The maximum absolute atomic E-state index is 11.9. The van der Waals surface area contributed by atoms with Crippen molar-refractivity contribution in [3.05, 3.63) is 0 Å². The molecule has 0 radical (unpaired) electrons. The van der Waals surface area contributed by atoms with Gasteiger partial charge in [-0.2, -0.15) is 0 Å². The number of unbranched alkanes of at least 4 members (excludes halogenated alkanes) is 4. The first kappa shape index (κ1) is 21.5. The Labute approximate surface area is 141 Å². The van der Waals surface area contributed by atoms with Crippen LogP contribution < -0.4 is 0 Å². The number of hydrogen-bond acceptors (Lipinski definition) is 4. The van der Waals surface area contributed by atoms with Crippen molar-refractivity contribution >= 4 is 22.8 Å². The van der Waals surface area contributed by atoms with Crippen molar-refractivity contribution in [1.82, 2.24) is 0 Å². The number of esters is 1. The van der Waals surface area contributed by atoms with E-state index < -0.39 is 0 Å². The van der Waals surface area contributed by atoms with E-state index in [1.807, 2.05) is 0 Å². The number of ether oxygens (including phenoxy) is 1. The van der Waals surface area contributed by atoms with Gasteiger partial charge in [0, 0.05) is 18.1 Å². The molecule has 3 nitrogen and oxygen atoms in total. The second-order valence-corrected chi connectivity index (χ2v) is 7.18. The zero-order valence-electron chi connectivity index (χ0n) is 14.7. The van der Waals surface area contributed by atoms with Crippen molar-refractivity contribution in [3.8, 4) is 0 Å². The summed E-state index contributed by atoms with van der Waals surface area (Å²) in [7, 11) is 0. The van der Waals surface area contributed by atoms with Crippen LogP contribution in [0.3, 0.4) is 0 Å². The van der Waals surface area contributed by atoms with Crippen LogP contribution in [0.15, 0.2) is 0 Å². The lowest BCUT2D eigenvalue weighted by atomic mass is 10.2. The quantitative estimate of drug-likeness (QED) is 0.311. The number of carbonyl (C=O) groups excluding carboxylic acids is 2. The lowest BCUT2D eigenvalue weighted by Crippen LogP contribution is -2.13. The highest BCUT2D eigenvalue weighted by molar-refractivity contribution is 8.14. The fourth-order valence-electron chi connectivity index (χ4n) is 2.24. The summed E-state index contributed by atoms with van der Waals surface area (Å²) in [4.78, 5) is 23.5. The summed E-state index contributed by atoms with van der Waals surface area (Å²) in [6.45, 7) is 6.85. The Morgan fingerprint density at radius 1 is 0.864 bits per heavy atom. The van der Waals surface area contributed by atoms with Gasteiger partial charge in [0.25, 0.3) is 0 Å². The van der Waals surface area contributed by atoms with E-state index in [1.54, 1.807) is 0 Å². The van der Waals surface area contributed by atoms with Crippen molar-refractivity contribution in [2.75, 3.05) is 6.61 Å². The number of hydrogen-bond donors (Lipinski definition) is 0. The van der Waals surface area contributed by atoms with E-state index in [9.17, 15) is 9.59 Å². The predicted octanol–water partition coefficient (Wildman–Crippen LogP) is 5.51. The van der Waals surface area contributed by atoms with Gasteiger partial charge in [-0.05, 0) is 25.7 Å². The summed E-state index contributed by atoms with van der Waals surface area (Å²) in [6, 6.07) is 0. The fraction of sp³-hybridized carbons (Fsp3) is 0.889. The van der Waals surface area contributed by atoms with E-state index in [-0.39, 0.29) is 5.97 Å². The van der Waals surface area contributed by atoms with Crippen LogP contribution in [0.1, 0.15) is 91.4 Å². The van der Waals surface area contributed by atoms with Crippen molar-refractivity contribution in [2.24, 2.45) is 0 Å². The van der Waals surface area contributed by atoms with Gasteiger partial charge in [-0.3, -0.25) is 9.59 Å². The molecule has 0 N–H and O–H groups in total. The van der Waals surface area contributed by atoms with Crippen LogP contribution in [0, 0.1) is 0 Å². The highest BCUT2D eigenvalue weighted by Gasteiger charge is 2.14. The van der Waals surface area contributed by atoms with Crippen LogP contribution in [0.5, 0.6) is 0 Å². The lowest BCUT2D eigenvalue weighted by Gasteiger charge is -2.15. The largest absolute Gasteiger partial charge is 0.466 e. The van der Waals surface area contributed by atoms with Crippen LogP contribution in [0.2, 0.25) is 0 Å². The first-order valence-corrected chi connectivity index (χ1v) is 9.87. The molecule has 1 atom stereocenters. The molecule has 0 aliphatic rings. The monoisotopic (exact) mass is 330 g/mol. The van der Waals surface area contributed by atoms with E-state index >= 15 is 0 Å². The Bertz CT molecular complexity index is 292. The molecule has 0 spiro atoms. The van der Waals surface area contributed by atoms with Crippen LogP contribution >= 0.6 is 11.8 Å². The molecule has 22 heavy (non-hydrogen) atoms. The van der Waals surface area contributed by atoms with Gasteiger partial charge in [0.1, 0.15) is 0 Å². The smallest absolute Gasteiger partial charge is 0.305 e. The average molecular weight is 331 g/mol. The third-order valence-electron chi connectivity index (χ3n) is 3.58. The van der Waals surface area contributed by atoms with Gasteiger partial charge < -0.3 is 4.74 Å². The second kappa shape index (κ2) is 15.4. The topological polar surface area (TPSA) is 43.4 Å². The summed E-state index contributed by atoms with van der Waals surface area (Å²) in [6.07, 6.45) is 10.4. The van der Waals surface area contributed by atoms with E-state index in [1.165, 1.54) is 11.8 Å². The SMILES string of the molecule is CCCCCC(=O)OCCC(CCC)SC(=O)CCCCC. The maximum atomic E-state index is 11.9. The van der Waals surface area contributed by atoms with Crippen LogP contribution in [-0.2, 0) is 14.3 Å². The average Bonchev–Trinajstić information content (AvgIpc) is 2.48. The first-order chi connectivity index (χ1) is 10.6. The molecule has 1 unspecified atom stereocenters. The van der Waals surface area contributed by atoms with E-state index in [0.717, 1.165) is 57.8 Å². The van der Waals surface area contributed by atoms with Crippen molar-refractivity contribution in [1.29, 1.82) is 0 Å². The number of thioether (sulfide) groups is 1. The molecule has 0 amide bonds. The molecule has 4 heteroatoms. The van der Waals surface area contributed by atoms with Gasteiger partial charge >= 0.3 is 5.97 Å². The highest BCUT2D eigenvalue weighted by Crippen LogP contribution is 2.23. The zero-order valence-corrected chi connectivity index (χ0v) is 15.5. The third kappa shape index (κ3) is 13.2. The zero-order chi connectivity index (χ0) is 16.6. The fourth-order valence-corrected chi connectivity index (χ4v) is 3.45. The lowest BCUT2D eigenvalue weighted by molar-refractivity contribution is -0.143. The first-order valence-electron chi connectivity index (χ1n) is 8.99. The Morgan fingerprint density at radius 3 is 2.09 bits per heavy atom. The van der Waals surface area contributed by atoms with E-state index in [4.69, 9.17) is 4.74 Å². The highest BCUT2D eigenvalue weighted by atomic mass is 32.2. The van der Waals surface area contributed by atoms with Crippen molar-refractivity contribution < 1.29 is 14.3 Å². The minimum atomic E-state index is -0.0945. The Balaban J connectivity index is 3.88. The van der Waals surface area contributed by atoms with E-state index in [0.29, 0.717) is 29.8 Å². The van der Waals surface area contributed by atoms with Gasteiger partial charge in [-0.1, -0.05) is 64.6 Å². The molecule has 0 saturated carbocycles. The number of carbonyl (C=O) groups is 2. The van der Waals surface area contributed by atoms with Gasteiger partial charge in [0.05, 0.1) is 6.61 Å².